The predicted molar refractivity (Wildman–Crippen MR) is 93.4 cm³/mol. The molecule has 0 atom stereocenters. The second-order valence-electron chi connectivity index (χ2n) is 5.54. The highest BCUT2D eigenvalue weighted by Crippen LogP contribution is 2.28. The van der Waals surface area contributed by atoms with Crippen LogP contribution >= 0.6 is 11.6 Å². The molecule has 0 spiro atoms. The molecule has 0 aliphatic heterocycles. The van der Waals surface area contributed by atoms with Gasteiger partial charge in [-0.2, -0.15) is 0 Å². The number of ether oxygens (including phenoxy) is 2. The largest absolute Gasteiger partial charge is 0.487 e. The highest BCUT2D eigenvalue weighted by molar-refractivity contribution is 6.17. The summed E-state index contributed by atoms with van der Waals surface area (Å²) in [5.41, 5.74) is 0.681. The van der Waals surface area contributed by atoms with Crippen molar-refractivity contribution in [2.24, 2.45) is 0 Å². The van der Waals surface area contributed by atoms with Crippen molar-refractivity contribution < 1.29 is 23.2 Å². The number of nitro benzene ring substituents is 1. The average Bonchev–Trinajstić information content (AvgIpc) is 2.63. The van der Waals surface area contributed by atoms with Crippen molar-refractivity contribution in [1.29, 1.82) is 0 Å². The molecule has 5 nitrogen and oxygen atoms in total. The average molecular weight is 386 g/mol. The first kappa shape index (κ1) is 20.1. The van der Waals surface area contributed by atoms with Crippen LogP contribution in [-0.4, -0.2) is 18.1 Å². The molecule has 0 N–H and O–H groups in total. The summed E-state index contributed by atoms with van der Waals surface area (Å²) in [7, 11) is 0. The number of benzene rings is 2. The maximum atomic E-state index is 13.4. The third-order valence-electron chi connectivity index (χ3n) is 3.58. The van der Waals surface area contributed by atoms with Crippen molar-refractivity contribution in [3.05, 3.63) is 69.3 Å². The van der Waals surface area contributed by atoms with Gasteiger partial charge < -0.3 is 9.47 Å². The van der Waals surface area contributed by atoms with E-state index in [9.17, 15) is 18.9 Å². The minimum atomic E-state index is -0.514. The van der Waals surface area contributed by atoms with Crippen LogP contribution in [-0.2, 0) is 17.2 Å². The van der Waals surface area contributed by atoms with E-state index in [1.165, 1.54) is 12.1 Å². The fourth-order valence-corrected chi connectivity index (χ4v) is 2.40. The van der Waals surface area contributed by atoms with E-state index in [2.05, 4.69) is 0 Å². The molecule has 140 valence electrons. The van der Waals surface area contributed by atoms with E-state index in [0.717, 1.165) is 18.2 Å². The second kappa shape index (κ2) is 10.0. The van der Waals surface area contributed by atoms with E-state index in [-0.39, 0.29) is 36.1 Å². The Hall–Kier alpha value is -2.25. The molecule has 0 amide bonds. The maximum Gasteiger partial charge on any atom is 0.311 e. The lowest BCUT2D eigenvalue weighted by atomic mass is 10.2. The zero-order valence-electron chi connectivity index (χ0n) is 13.9. The monoisotopic (exact) mass is 385 g/mol. The van der Waals surface area contributed by atoms with Crippen LogP contribution in [0, 0.1) is 21.7 Å². The molecule has 0 radical (unpaired) electrons. The predicted octanol–water partition coefficient (Wildman–Crippen LogP) is 4.99. The van der Waals surface area contributed by atoms with Crippen LogP contribution in [0.2, 0.25) is 0 Å². The molecule has 0 heterocycles. The Bertz CT molecular complexity index is 758. The Morgan fingerprint density at radius 1 is 1.08 bits per heavy atom. The minimum absolute atomic E-state index is 0.0180. The number of nitro groups is 1. The van der Waals surface area contributed by atoms with Gasteiger partial charge in [0.05, 0.1) is 18.1 Å². The molecule has 2 rings (SSSR count). The van der Waals surface area contributed by atoms with Crippen molar-refractivity contribution in [2.45, 2.75) is 25.3 Å². The molecule has 2 aromatic carbocycles. The zero-order valence-corrected chi connectivity index (χ0v) is 14.7. The molecule has 0 fully saturated rings. The zero-order chi connectivity index (χ0) is 18.9. The van der Waals surface area contributed by atoms with E-state index >= 15 is 0 Å². The van der Waals surface area contributed by atoms with Crippen LogP contribution < -0.4 is 4.74 Å². The molecule has 8 heteroatoms. The number of halogens is 3. The van der Waals surface area contributed by atoms with Crippen molar-refractivity contribution in [3.8, 4) is 5.75 Å². The van der Waals surface area contributed by atoms with Gasteiger partial charge in [-0.05, 0) is 42.7 Å². The van der Waals surface area contributed by atoms with Gasteiger partial charge in [0, 0.05) is 24.1 Å². The van der Waals surface area contributed by atoms with E-state index in [1.54, 1.807) is 6.07 Å². The normalized spacial score (nSPS) is 10.7. The first-order valence-electron chi connectivity index (χ1n) is 7.99. The summed E-state index contributed by atoms with van der Waals surface area (Å²) in [6, 6.07) is 7.80. The summed E-state index contributed by atoms with van der Waals surface area (Å²) in [6.45, 7) is 0.598. The van der Waals surface area contributed by atoms with Gasteiger partial charge in [-0.1, -0.05) is 6.07 Å². The first-order valence-corrected chi connectivity index (χ1v) is 8.52. The highest BCUT2D eigenvalue weighted by Gasteiger charge is 2.15. The molecule has 0 aromatic heterocycles. The third kappa shape index (κ3) is 5.93. The van der Waals surface area contributed by atoms with Crippen LogP contribution in [0.5, 0.6) is 5.75 Å². The quantitative estimate of drug-likeness (QED) is 0.250. The maximum absolute atomic E-state index is 13.4. The van der Waals surface area contributed by atoms with Crippen molar-refractivity contribution in [2.75, 3.05) is 13.2 Å². The van der Waals surface area contributed by atoms with Gasteiger partial charge in [0.25, 0.3) is 0 Å². The number of alkyl halides is 1. The summed E-state index contributed by atoms with van der Waals surface area (Å²) in [6.07, 6.45) is 1.21. The molecule has 0 saturated carbocycles. The Morgan fingerprint density at radius 3 is 2.58 bits per heavy atom. The second-order valence-corrected chi connectivity index (χ2v) is 5.80. The molecule has 0 unspecified atom stereocenters. The summed E-state index contributed by atoms with van der Waals surface area (Å²) in [5, 5.41) is 11.1. The summed E-state index contributed by atoms with van der Waals surface area (Å²) in [4.78, 5) is 10.5. The van der Waals surface area contributed by atoms with Crippen LogP contribution in [0.1, 0.15) is 24.0 Å². The first-order chi connectivity index (χ1) is 12.5. The van der Waals surface area contributed by atoms with E-state index in [0.29, 0.717) is 25.0 Å². The van der Waals surface area contributed by atoms with Gasteiger partial charge in [0.1, 0.15) is 11.6 Å². The van der Waals surface area contributed by atoms with Crippen LogP contribution in [0.25, 0.3) is 0 Å². The van der Waals surface area contributed by atoms with E-state index in [4.69, 9.17) is 21.1 Å². The molecule has 0 aliphatic rings. The smallest absolute Gasteiger partial charge is 0.311 e. The Labute approximate surface area is 154 Å². The Balaban J connectivity index is 1.71. The molecule has 0 saturated heterocycles. The number of rotatable bonds is 10. The molecular formula is C18H18ClF2NO4. The lowest BCUT2D eigenvalue weighted by Crippen LogP contribution is -2.04. The Kier molecular flexibility index (Phi) is 7.74. The van der Waals surface area contributed by atoms with Crippen molar-refractivity contribution in [3.63, 3.8) is 0 Å². The van der Waals surface area contributed by atoms with Crippen LogP contribution in [0.4, 0.5) is 14.5 Å². The van der Waals surface area contributed by atoms with Gasteiger partial charge in [-0.25, -0.2) is 8.78 Å². The van der Waals surface area contributed by atoms with Gasteiger partial charge in [0.15, 0.2) is 5.75 Å². The molecule has 2 aromatic rings. The van der Waals surface area contributed by atoms with Crippen molar-refractivity contribution >= 4 is 17.3 Å². The van der Waals surface area contributed by atoms with Gasteiger partial charge in [0.2, 0.25) is 0 Å². The molecule has 0 bridgehead atoms. The summed E-state index contributed by atoms with van der Waals surface area (Å²) in [5.74, 6) is -0.654. The van der Waals surface area contributed by atoms with Gasteiger partial charge >= 0.3 is 5.69 Å². The van der Waals surface area contributed by atoms with E-state index in [1.807, 2.05) is 0 Å². The van der Waals surface area contributed by atoms with Crippen molar-refractivity contribution in [1.82, 2.24) is 0 Å². The van der Waals surface area contributed by atoms with Crippen LogP contribution in [0.15, 0.2) is 36.4 Å². The molecule has 26 heavy (non-hydrogen) atoms. The highest BCUT2D eigenvalue weighted by atomic mass is 35.5. The number of hydrogen-bond donors (Lipinski definition) is 0. The minimum Gasteiger partial charge on any atom is -0.487 e. The van der Waals surface area contributed by atoms with Gasteiger partial charge in [-0.3, -0.25) is 10.1 Å². The number of hydrogen-bond acceptors (Lipinski definition) is 4. The third-order valence-corrected chi connectivity index (χ3v) is 3.89. The fourth-order valence-electron chi connectivity index (χ4n) is 2.24. The standard InChI is InChI=1S/C18H18ClF2NO4/c19-11-13-3-6-18(17(9-13)22(23)24)26-8-2-1-7-25-12-14-10-15(20)4-5-16(14)21/h3-6,9-10H,1-2,7-8,11-12H2. The number of nitrogens with zero attached hydrogens (tertiary/aromatic N) is 1. The summed E-state index contributed by atoms with van der Waals surface area (Å²) >= 11 is 5.67. The lowest BCUT2D eigenvalue weighted by Gasteiger charge is -2.08. The topological polar surface area (TPSA) is 61.6 Å². The molecular weight excluding hydrogens is 368 g/mol. The lowest BCUT2D eigenvalue weighted by molar-refractivity contribution is -0.385. The molecule has 0 aliphatic carbocycles. The fraction of sp³-hybridized carbons (Fsp3) is 0.333. The summed E-state index contributed by atoms with van der Waals surface area (Å²) < 4.78 is 37.2. The SMILES string of the molecule is O=[N+]([O-])c1cc(CCl)ccc1OCCCCOCc1cc(F)ccc1F. The number of unbranched alkanes of at least 4 members (excludes halogenated alkanes) is 1. The Morgan fingerprint density at radius 2 is 1.85 bits per heavy atom. The van der Waals surface area contributed by atoms with Crippen LogP contribution in [0.3, 0.4) is 0 Å². The van der Waals surface area contributed by atoms with Gasteiger partial charge in [-0.15, -0.1) is 11.6 Å². The van der Waals surface area contributed by atoms with E-state index < -0.39 is 16.6 Å².